The zero-order valence-electron chi connectivity index (χ0n) is 11.8. The van der Waals surface area contributed by atoms with Crippen molar-refractivity contribution in [3.8, 4) is 0 Å². The molecule has 0 bridgehead atoms. The average molecular weight is 312 g/mol. The third-order valence-electron chi connectivity index (χ3n) is 3.71. The molecule has 0 N–H and O–H groups in total. The van der Waals surface area contributed by atoms with E-state index in [1.807, 2.05) is 12.1 Å². The summed E-state index contributed by atoms with van der Waals surface area (Å²) in [6, 6.07) is 7.12. The predicted molar refractivity (Wildman–Crippen MR) is 85.0 cm³/mol. The molecule has 1 fully saturated rings. The van der Waals surface area contributed by atoms with E-state index in [2.05, 4.69) is 16.8 Å². The van der Waals surface area contributed by atoms with Crippen molar-refractivity contribution in [2.75, 3.05) is 39.5 Å². The molecule has 20 heavy (non-hydrogen) atoms. The lowest BCUT2D eigenvalue weighted by atomic mass is 10.1. The maximum atomic E-state index is 11.5. The van der Waals surface area contributed by atoms with Gasteiger partial charge in [-0.1, -0.05) is 24.4 Å². The van der Waals surface area contributed by atoms with Gasteiger partial charge in [0.2, 0.25) is 0 Å². The monoisotopic (exact) mass is 312 g/mol. The Kier molecular flexibility index (Phi) is 4.90. The van der Waals surface area contributed by atoms with Crippen molar-refractivity contribution >= 4 is 27.4 Å². The molecule has 0 aliphatic carbocycles. The Morgan fingerprint density at radius 1 is 1.15 bits per heavy atom. The van der Waals surface area contributed by atoms with Crippen LogP contribution in [0.2, 0.25) is 0 Å². The summed E-state index contributed by atoms with van der Waals surface area (Å²) in [5.41, 5.74) is 1.05. The van der Waals surface area contributed by atoms with Gasteiger partial charge in [-0.15, -0.1) is 0 Å². The summed E-state index contributed by atoms with van der Waals surface area (Å²) >= 11 is 5.17. The molecule has 6 heteroatoms. The summed E-state index contributed by atoms with van der Waals surface area (Å²) in [5.74, 6) is 0. The SMILES string of the molecule is CN1CCN(C(C=S)c2ccc(S(C)(=O)=O)cc2)CC1. The second kappa shape index (κ2) is 6.30. The fourth-order valence-electron chi connectivity index (χ4n) is 2.39. The Bertz CT molecular complexity index is 561. The highest BCUT2D eigenvalue weighted by atomic mass is 32.2. The molecule has 1 aliphatic rings. The van der Waals surface area contributed by atoms with Crippen LogP contribution in [0.25, 0.3) is 0 Å². The van der Waals surface area contributed by atoms with E-state index in [0.717, 1.165) is 31.7 Å². The van der Waals surface area contributed by atoms with Gasteiger partial charge in [0, 0.05) is 37.8 Å². The third kappa shape index (κ3) is 3.63. The van der Waals surface area contributed by atoms with E-state index in [-0.39, 0.29) is 6.04 Å². The molecule has 0 radical (unpaired) electrons. The largest absolute Gasteiger partial charge is 0.304 e. The van der Waals surface area contributed by atoms with Gasteiger partial charge in [-0.05, 0) is 24.7 Å². The lowest BCUT2D eigenvalue weighted by molar-refractivity contribution is 0.139. The molecule has 1 unspecified atom stereocenters. The van der Waals surface area contributed by atoms with Crippen LogP contribution in [-0.4, -0.2) is 63.1 Å². The maximum absolute atomic E-state index is 11.5. The lowest BCUT2D eigenvalue weighted by Gasteiger charge is -2.36. The van der Waals surface area contributed by atoms with Gasteiger partial charge >= 0.3 is 0 Å². The van der Waals surface area contributed by atoms with Gasteiger partial charge in [-0.25, -0.2) is 8.42 Å². The number of hydrogen-bond donors (Lipinski definition) is 0. The zero-order valence-corrected chi connectivity index (χ0v) is 13.5. The Morgan fingerprint density at radius 2 is 1.70 bits per heavy atom. The van der Waals surface area contributed by atoms with Crippen LogP contribution in [-0.2, 0) is 9.84 Å². The third-order valence-corrected chi connectivity index (χ3v) is 5.10. The van der Waals surface area contributed by atoms with Crippen LogP contribution in [0.5, 0.6) is 0 Å². The zero-order chi connectivity index (χ0) is 14.8. The minimum atomic E-state index is -3.14. The van der Waals surface area contributed by atoms with Crippen LogP contribution >= 0.6 is 12.2 Å². The minimum Gasteiger partial charge on any atom is -0.304 e. The van der Waals surface area contributed by atoms with Crippen molar-refractivity contribution in [2.24, 2.45) is 0 Å². The van der Waals surface area contributed by atoms with Gasteiger partial charge in [-0.3, -0.25) is 4.90 Å². The van der Waals surface area contributed by atoms with Crippen LogP contribution in [0.15, 0.2) is 29.2 Å². The van der Waals surface area contributed by atoms with Crippen LogP contribution in [0.4, 0.5) is 0 Å². The first-order valence-corrected chi connectivity index (χ1v) is 8.96. The standard InChI is InChI=1S/C14H20N2O2S2/c1-15-7-9-16(10-8-15)14(11-19)12-3-5-13(6-4-12)20(2,17)18/h3-6,11,14H,7-10H2,1-2H3. The number of sulfone groups is 1. The molecule has 2 rings (SSSR count). The van der Waals surface area contributed by atoms with Crippen molar-refractivity contribution in [1.29, 1.82) is 0 Å². The fourth-order valence-corrected chi connectivity index (χ4v) is 3.35. The van der Waals surface area contributed by atoms with Crippen molar-refractivity contribution in [3.05, 3.63) is 29.8 Å². The molecule has 4 nitrogen and oxygen atoms in total. The number of thiocarbonyl (C=S) groups is 1. The van der Waals surface area contributed by atoms with Gasteiger partial charge in [0.1, 0.15) is 0 Å². The van der Waals surface area contributed by atoms with E-state index in [1.54, 1.807) is 17.5 Å². The van der Waals surface area contributed by atoms with E-state index in [0.29, 0.717) is 4.90 Å². The highest BCUT2D eigenvalue weighted by Crippen LogP contribution is 2.22. The van der Waals surface area contributed by atoms with Crippen LogP contribution in [0.3, 0.4) is 0 Å². The molecular formula is C14H20N2O2S2. The van der Waals surface area contributed by atoms with E-state index in [9.17, 15) is 8.42 Å². The minimum absolute atomic E-state index is 0.0762. The molecule has 1 heterocycles. The second-order valence-electron chi connectivity index (χ2n) is 5.26. The average Bonchev–Trinajstić information content (AvgIpc) is 2.41. The Balaban J connectivity index is 2.18. The number of hydrogen-bond acceptors (Lipinski definition) is 5. The van der Waals surface area contributed by atoms with Gasteiger partial charge in [0.05, 0.1) is 10.9 Å². The number of likely N-dealkylation sites (N-methyl/N-ethyl adjacent to an activating group) is 1. The summed E-state index contributed by atoms with van der Waals surface area (Å²) in [6.07, 6.45) is 1.22. The molecule has 0 spiro atoms. The molecule has 0 saturated carbocycles. The number of nitrogens with zero attached hydrogens (tertiary/aromatic N) is 2. The number of benzene rings is 1. The van der Waals surface area contributed by atoms with Crippen molar-refractivity contribution in [2.45, 2.75) is 10.9 Å². The summed E-state index contributed by atoms with van der Waals surface area (Å²) < 4.78 is 23.0. The quantitative estimate of drug-likeness (QED) is 0.786. The topological polar surface area (TPSA) is 40.6 Å². The summed E-state index contributed by atoms with van der Waals surface area (Å²) in [4.78, 5) is 4.98. The van der Waals surface area contributed by atoms with Crippen molar-refractivity contribution < 1.29 is 8.42 Å². The predicted octanol–water partition coefficient (Wildman–Crippen LogP) is 1.38. The Morgan fingerprint density at radius 3 is 2.15 bits per heavy atom. The highest BCUT2D eigenvalue weighted by molar-refractivity contribution is 7.90. The van der Waals surface area contributed by atoms with Crippen molar-refractivity contribution in [1.82, 2.24) is 9.80 Å². The molecule has 1 aliphatic heterocycles. The smallest absolute Gasteiger partial charge is 0.175 e. The molecule has 1 saturated heterocycles. The first-order chi connectivity index (χ1) is 9.41. The van der Waals surface area contributed by atoms with E-state index >= 15 is 0 Å². The van der Waals surface area contributed by atoms with Gasteiger partial charge < -0.3 is 4.90 Å². The summed E-state index contributed by atoms with van der Waals surface area (Å²) in [5, 5.41) is 1.76. The number of rotatable bonds is 4. The molecule has 0 aromatic heterocycles. The highest BCUT2D eigenvalue weighted by Gasteiger charge is 2.22. The van der Waals surface area contributed by atoms with Gasteiger partial charge in [-0.2, -0.15) is 0 Å². The van der Waals surface area contributed by atoms with Crippen molar-refractivity contribution in [3.63, 3.8) is 0 Å². The van der Waals surface area contributed by atoms with Gasteiger partial charge in [0.15, 0.2) is 9.84 Å². The molecule has 0 amide bonds. The normalized spacial score (nSPS) is 19.7. The fraction of sp³-hybridized carbons (Fsp3) is 0.500. The molecule has 1 aromatic carbocycles. The maximum Gasteiger partial charge on any atom is 0.175 e. The van der Waals surface area contributed by atoms with E-state index < -0.39 is 9.84 Å². The van der Waals surface area contributed by atoms with E-state index in [4.69, 9.17) is 12.2 Å². The lowest BCUT2D eigenvalue weighted by Crippen LogP contribution is -2.46. The molecule has 1 aromatic rings. The summed E-state index contributed by atoms with van der Waals surface area (Å²) in [7, 11) is -1.02. The number of piperazine rings is 1. The van der Waals surface area contributed by atoms with Crippen LogP contribution in [0, 0.1) is 0 Å². The second-order valence-corrected chi connectivity index (χ2v) is 7.55. The Labute approximate surface area is 126 Å². The molecule has 110 valence electrons. The summed E-state index contributed by atoms with van der Waals surface area (Å²) in [6.45, 7) is 4.01. The van der Waals surface area contributed by atoms with Crippen LogP contribution in [0.1, 0.15) is 11.6 Å². The Hall–Kier alpha value is -0.820. The van der Waals surface area contributed by atoms with E-state index in [1.165, 1.54) is 6.26 Å². The molecular weight excluding hydrogens is 292 g/mol. The van der Waals surface area contributed by atoms with Crippen LogP contribution < -0.4 is 0 Å². The first kappa shape index (κ1) is 15.6. The first-order valence-electron chi connectivity index (χ1n) is 6.60. The van der Waals surface area contributed by atoms with Gasteiger partial charge in [0.25, 0.3) is 0 Å². The molecule has 1 atom stereocenters.